The molecule has 106 valence electrons. The largest absolute Gasteiger partial charge is 0.481 e. The number of aryl methyl sites for hydroxylation is 1. The third-order valence-electron chi connectivity index (χ3n) is 3.22. The molecule has 4 nitrogen and oxygen atoms in total. The summed E-state index contributed by atoms with van der Waals surface area (Å²) < 4.78 is 5.65. The first-order chi connectivity index (χ1) is 8.56. The number of nitrogens with zero attached hydrogens (tertiary/aromatic N) is 1. The number of amides is 1. The normalized spacial score (nSPS) is 19.7. The van der Waals surface area contributed by atoms with Crippen molar-refractivity contribution in [2.24, 2.45) is 5.73 Å². The number of rotatable bonds is 3. The molecule has 0 spiro atoms. The summed E-state index contributed by atoms with van der Waals surface area (Å²) in [5.41, 5.74) is 6.97. The molecule has 1 aromatic carbocycles. The van der Waals surface area contributed by atoms with Crippen LogP contribution < -0.4 is 10.5 Å². The van der Waals surface area contributed by atoms with Crippen molar-refractivity contribution >= 4 is 18.3 Å². The summed E-state index contributed by atoms with van der Waals surface area (Å²) in [6.45, 7) is 5.18. The van der Waals surface area contributed by atoms with Gasteiger partial charge in [0.2, 0.25) is 0 Å². The summed E-state index contributed by atoms with van der Waals surface area (Å²) in [7, 11) is 0. The molecule has 1 aromatic rings. The first-order valence-electron chi connectivity index (χ1n) is 6.34. The Kier molecular flexibility index (Phi) is 5.63. The zero-order valence-electron chi connectivity index (χ0n) is 11.3. The Bertz CT molecular complexity index is 422. The molecule has 0 aliphatic carbocycles. The molecular formula is C14H21ClN2O2. The molecule has 1 heterocycles. The van der Waals surface area contributed by atoms with Gasteiger partial charge in [0, 0.05) is 19.1 Å². The fourth-order valence-corrected chi connectivity index (χ4v) is 2.12. The van der Waals surface area contributed by atoms with Crippen LogP contribution in [0.5, 0.6) is 5.75 Å². The predicted molar refractivity (Wildman–Crippen MR) is 77.7 cm³/mol. The van der Waals surface area contributed by atoms with Gasteiger partial charge in [-0.3, -0.25) is 4.79 Å². The highest BCUT2D eigenvalue weighted by atomic mass is 35.5. The van der Waals surface area contributed by atoms with Gasteiger partial charge < -0.3 is 15.4 Å². The first-order valence-corrected chi connectivity index (χ1v) is 6.34. The van der Waals surface area contributed by atoms with Crippen molar-refractivity contribution in [1.82, 2.24) is 4.90 Å². The molecule has 2 N–H and O–H groups in total. The average molecular weight is 285 g/mol. The van der Waals surface area contributed by atoms with Crippen LogP contribution in [0.4, 0.5) is 0 Å². The summed E-state index contributed by atoms with van der Waals surface area (Å²) in [5.74, 6) is 0.744. The van der Waals surface area contributed by atoms with Gasteiger partial charge in [-0.05, 0) is 32.4 Å². The van der Waals surface area contributed by atoms with E-state index in [1.165, 1.54) is 5.56 Å². The maximum atomic E-state index is 12.1. The summed E-state index contributed by atoms with van der Waals surface area (Å²) in [4.78, 5) is 13.9. The smallest absolute Gasteiger partial charge is 0.263 e. The number of benzene rings is 1. The minimum atomic E-state index is -0.460. The second-order valence-electron chi connectivity index (χ2n) is 4.91. The standard InChI is InChI=1S/C14H20N2O2.ClH/c1-10-3-5-13(6-4-10)18-11(2)14(17)16-8-7-12(15)9-16;/h3-6,11-12H,7-9,15H2,1-2H3;1H/t11?,12-;/m1./s1. The number of likely N-dealkylation sites (tertiary alicyclic amines) is 1. The Morgan fingerprint density at radius 3 is 2.58 bits per heavy atom. The lowest BCUT2D eigenvalue weighted by molar-refractivity contribution is -0.136. The molecule has 1 aliphatic heterocycles. The fourth-order valence-electron chi connectivity index (χ4n) is 2.12. The fraction of sp³-hybridized carbons (Fsp3) is 0.500. The van der Waals surface area contributed by atoms with Crippen LogP contribution in [0.15, 0.2) is 24.3 Å². The van der Waals surface area contributed by atoms with Gasteiger partial charge in [0.15, 0.2) is 6.10 Å². The molecule has 1 unspecified atom stereocenters. The van der Waals surface area contributed by atoms with Crippen molar-refractivity contribution in [1.29, 1.82) is 0 Å². The molecule has 19 heavy (non-hydrogen) atoms. The highest BCUT2D eigenvalue weighted by molar-refractivity contribution is 5.85. The first kappa shape index (κ1) is 15.8. The van der Waals surface area contributed by atoms with Crippen LogP contribution in [0.3, 0.4) is 0 Å². The summed E-state index contributed by atoms with van der Waals surface area (Å²) in [5, 5.41) is 0. The van der Waals surface area contributed by atoms with Gasteiger partial charge >= 0.3 is 0 Å². The SMILES string of the molecule is Cc1ccc(OC(C)C(=O)N2CC[C@@H](N)C2)cc1.Cl. The van der Waals surface area contributed by atoms with E-state index in [-0.39, 0.29) is 24.4 Å². The molecule has 1 saturated heterocycles. The molecule has 0 aromatic heterocycles. The lowest BCUT2D eigenvalue weighted by Gasteiger charge is -2.21. The van der Waals surface area contributed by atoms with Crippen LogP contribution in [0.25, 0.3) is 0 Å². The van der Waals surface area contributed by atoms with Crippen LogP contribution in [-0.4, -0.2) is 36.0 Å². The van der Waals surface area contributed by atoms with Gasteiger partial charge in [0.25, 0.3) is 5.91 Å². The Balaban J connectivity index is 0.00000180. The van der Waals surface area contributed by atoms with Gasteiger partial charge in [-0.25, -0.2) is 0 Å². The number of halogens is 1. The van der Waals surface area contributed by atoms with Crippen LogP contribution in [0.2, 0.25) is 0 Å². The number of hydrogen-bond donors (Lipinski definition) is 1. The molecule has 1 amide bonds. The molecule has 1 aliphatic rings. The molecule has 0 bridgehead atoms. The minimum absolute atomic E-state index is 0. The van der Waals surface area contributed by atoms with E-state index in [1.54, 1.807) is 11.8 Å². The number of carbonyl (C=O) groups excluding carboxylic acids is 1. The monoisotopic (exact) mass is 284 g/mol. The Hall–Kier alpha value is -1.26. The van der Waals surface area contributed by atoms with Gasteiger partial charge in [0.1, 0.15) is 5.75 Å². The second-order valence-corrected chi connectivity index (χ2v) is 4.91. The van der Waals surface area contributed by atoms with E-state index in [0.717, 1.165) is 18.7 Å². The van der Waals surface area contributed by atoms with E-state index >= 15 is 0 Å². The van der Waals surface area contributed by atoms with Crippen molar-refractivity contribution in [3.63, 3.8) is 0 Å². The van der Waals surface area contributed by atoms with Crippen LogP contribution in [0, 0.1) is 6.92 Å². The molecule has 2 atom stereocenters. The molecule has 1 fully saturated rings. The predicted octanol–water partition coefficient (Wildman–Crippen LogP) is 1.74. The second kappa shape index (κ2) is 6.78. The highest BCUT2D eigenvalue weighted by Gasteiger charge is 2.28. The summed E-state index contributed by atoms with van der Waals surface area (Å²) in [6, 6.07) is 7.82. The van der Waals surface area contributed by atoms with E-state index in [0.29, 0.717) is 6.54 Å². The highest BCUT2D eigenvalue weighted by Crippen LogP contribution is 2.15. The quantitative estimate of drug-likeness (QED) is 0.920. The number of hydrogen-bond acceptors (Lipinski definition) is 3. The molecule has 2 rings (SSSR count). The summed E-state index contributed by atoms with van der Waals surface area (Å²) >= 11 is 0. The third kappa shape index (κ3) is 4.11. The van der Waals surface area contributed by atoms with E-state index in [1.807, 2.05) is 31.2 Å². The number of nitrogens with two attached hydrogens (primary N) is 1. The maximum Gasteiger partial charge on any atom is 0.263 e. The Labute approximate surface area is 120 Å². The number of ether oxygens (including phenoxy) is 1. The van der Waals surface area contributed by atoms with E-state index < -0.39 is 6.10 Å². The van der Waals surface area contributed by atoms with Crippen molar-refractivity contribution in [3.05, 3.63) is 29.8 Å². The van der Waals surface area contributed by atoms with E-state index in [2.05, 4.69) is 0 Å². The number of carbonyl (C=O) groups is 1. The lowest BCUT2D eigenvalue weighted by Crippen LogP contribution is -2.40. The van der Waals surface area contributed by atoms with Crippen LogP contribution in [-0.2, 0) is 4.79 Å². The van der Waals surface area contributed by atoms with Crippen LogP contribution in [0.1, 0.15) is 18.9 Å². The topological polar surface area (TPSA) is 55.6 Å². The van der Waals surface area contributed by atoms with Gasteiger partial charge in [-0.2, -0.15) is 0 Å². The average Bonchev–Trinajstić information content (AvgIpc) is 2.78. The van der Waals surface area contributed by atoms with Crippen molar-refractivity contribution in [2.75, 3.05) is 13.1 Å². The zero-order chi connectivity index (χ0) is 13.1. The van der Waals surface area contributed by atoms with E-state index in [4.69, 9.17) is 10.5 Å². The van der Waals surface area contributed by atoms with Crippen molar-refractivity contribution < 1.29 is 9.53 Å². The van der Waals surface area contributed by atoms with Gasteiger partial charge in [-0.15, -0.1) is 12.4 Å². The maximum absolute atomic E-state index is 12.1. The minimum Gasteiger partial charge on any atom is -0.481 e. The van der Waals surface area contributed by atoms with Gasteiger partial charge in [0.05, 0.1) is 0 Å². The molecule has 5 heteroatoms. The molecule has 0 saturated carbocycles. The Morgan fingerprint density at radius 2 is 2.05 bits per heavy atom. The molecule has 0 radical (unpaired) electrons. The Morgan fingerprint density at radius 1 is 1.42 bits per heavy atom. The van der Waals surface area contributed by atoms with Crippen LogP contribution >= 0.6 is 12.4 Å². The molecular weight excluding hydrogens is 264 g/mol. The summed E-state index contributed by atoms with van der Waals surface area (Å²) in [6.07, 6.45) is 0.418. The van der Waals surface area contributed by atoms with Crippen molar-refractivity contribution in [2.45, 2.75) is 32.4 Å². The zero-order valence-corrected chi connectivity index (χ0v) is 12.2. The van der Waals surface area contributed by atoms with Gasteiger partial charge in [-0.1, -0.05) is 17.7 Å². The lowest BCUT2D eigenvalue weighted by atomic mass is 10.2. The van der Waals surface area contributed by atoms with Crippen molar-refractivity contribution in [3.8, 4) is 5.75 Å². The third-order valence-corrected chi connectivity index (χ3v) is 3.22. The van der Waals surface area contributed by atoms with E-state index in [9.17, 15) is 4.79 Å².